The number of rotatable bonds is 2. The summed E-state index contributed by atoms with van der Waals surface area (Å²) in [5.41, 5.74) is 1.28. The zero-order valence-electron chi connectivity index (χ0n) is 12.2. The summed E-state index contributed by atoms with van der Waals surface area (Å²) in [7, 11) is 0. The van der Waals surface area contributed by atoms with E-state index in [1.807, 2.05) is 31.2 Å². The molecule has 1 atom stereocenters. The SMILES string of the molecule is Cc1cnc(-c2ccc(C3(O)CN4CCC3CC4)cc2)o1. The van der Waals surface area contributed by atoms with E-state index in [9.17, 15) is 5.11 Å². The van der Waals surface area contributed by atoms with E-state index in [4.69, 9.17) is 4.42 Å². The molecule has 21 heavy (non-hydrogen) atoms. The van der Waals surface area contributed by atoms with Gasteiger partial charge in [0, 0.05) is 12.1 Å². The second kappa shape index (κ2) is 4.68. The summed E-state index contributed by atoms with van der Waals surface area (Å²) in [4.78, 5) is 6.61. The molecule has 5 rings (SSSR count). The molecule has 1 aromatic carbocycles. The normalized spacial score (nSPS) is 31.5. The van der Waals surface area contributed by atoms with E-state index in [1.54, 1.807) is 6.20 Å². The minimum absolute atomic E-state index is 0.386. The van der Waals surface area contributed by atoms with Crippen molar-refractivity contribution in [1.82, 2.24) is 9.88 Å². The van der Waals surface area contributed by atoms with Crippen molar-refractivity contribution >= 4 is 0 Å². The van der Waals surface area contributed by atoms with Gasteiger partial charge in [-0.15, -0.1) is 0 Å². The molecule has 0 radical (unpaired) electrons. The van der Waals surface area contributed by atoms with Gasteiger partial charge in [-0.3, -0.25) is 0 Å². The van der Waals surface area contributed by atoms with Gasteiger partial charge in [-0.05, 0) is 56.5 Å². The number of nitrogens with zero attached hydrogens (tertiary/aromatic N) is 2. The molecule has 0 spiro atoms. The van der Waals surface area contributed by atoms with Crippen LogP contribution in [0.4, 0.5) is 0 Å². The lowest BCUT2D eigenvalue weighted by molar-refractivity contribution is -0.117. The molecule has 2 aromatic rings. The van der Waals surface area contributed by atoms with Gasteiger partial charge in [-0.2, -0.15) is 0 Å². The van der Waals surface area contributed by atoms with Crippen LogP contribution in [0.2, 0.25) is 0 Å². The number of hydrogen-bond donors (Lipinski definition) is 1. The van der Waals surface area contributed by atoms with Crippen LogP contribution < -0.4 is 0 Å². The minimum Gasteiger partial charge on any atom is -0.441 e. The fourth-order valence-corrected chi connectivity index (χ4v) is 3.76. The molecule has 0 amide bonds. The van der Waals surface area contributed by atoms with Crippen LogP contribution in [0.1, 0.15) is 24.2 Å². The second-order valence-electron chi connectivity index (χ2n) is 6.33. The van der Waals surface area contributed by atoms with Crippen LogP contribution in [-0.4, -0.2) is 34.6 Å². The van der Waals surface area contributed by atoms with Gasteiger partial charge in [0.25, 0.3) is 0 Å². The van der Waals surface area contributed by atoms with Crippen molar-refractivity contribution in [3.8, 4) is 11.5 Å². The van der Waals surface area contributed by atoms with Gasteiger partial charge >= 0.3 is 0 Å². The monoisotopic (exact) mass is 284 g/mol. The largest absolute Gasteiger partial charge is 0.441 e. The molecular weight excluding hydrogens is 264 g/mol. The first kappa shape index (κ1) is 13.0. The van der Waals surface area contributed by atoms with Gasteiger partial charge in [-0.25, -0.2) is 4.98 Å². The number of aromatic nitrogens is 1. The van der Waals surface area contributed by atoms with Crippen molar-refractivity contribution < 1.29 is 9.52 Å². The van der Waals surface area contributed by atoms with E-state index >= 15 is 0 Å². The number of oxazole rings is 1. The standard InChI is InChI=1S/C17H20N2O2/c1-12-10-18-16(21-12)13-2-4-14(5-3-13)17(20)11-19-8-6-15(17)7-9-19/h2-5,10,15,20H,6-9,11H2,1H3. The molecule has 1 N–H and O–H groups in total. The van der Waals surface area contributed by atoms with Crippen molar-refractivity contribution in [1.29, 1.82) is 0 Å². The molecule has 3 saturated heterocycles. The Morgan fingerprint density at radius 1 is 1.24 bits per heavy atom. The van der Waals surface area contributed by atoms with Crippen LogP contribution in [0.25, 0.3) is 11.5 Å². The highest BCUT2D eigenvalue weighted by Crippen LogP contribution is 2.42. The highest BCUT2D eigenvalue weighted by Gasteiger charge is 2.46. The molecule has 0 saturated carbocycles. The lowest BCUT2D eigenvalue weighted by Crippen LogP contribution is -2.57. The first-order chi connectivity index (χ1) is 10.1. The maximum atomic E-state index is 11.1. The lowest BCUT2D eigenvalue weighted by atomic mass is 9.71. The summed E-state index contributed by atoms with van der Waals surface area (Å²) < 4.78 is 5.55. The van der Waals surface area contributed by atoms with Gasteiger partial charge < -0.3 is 14.4 Å². The molecule has 1 aromatic heterocycles. The summed E-state index contributed by atoms with van der Waals surface area (Å²) in [5, 5.41) is 11.1. The summed E-state index contributed by atoms with van der Waals surface area (Å²) in [6, 6.07) is 8.04. The van der Waals surface area contributed by atoms with Gasteiger partial charge in [0.2, 0.25) is 5.89 Å². The Kier molecular flexibility index (Phi) is 2.91. The second-order valence-corrected chi connectivity index (χ2v) is 6.33. The number of aryl methyl sites for hydroxylation is 1. The molecule has 110 valence electrons. The number of fused-ring (bicyclic) bond motifs is 3. The predicted molar refractivity (Wildman–Crippen MR) is 79.7 cm³/mol. The molecular formula is C17H20N2O2. The minimum atomic E-state index is -0.693. The molecule has 3 aliphatic heterocycles. The lowest BCUT2D eigenvalue weighted by Gasteiger charge is -2.50. The van der Waals surface area contributed by atoms with E-state index in [0.717, 1.165) is 49.4 Å². The Morgan fingerprint density at radius 3 is 2.48 bits per heavy atom. The first-order valence-corrected chi connectivity index (χ1v) is 7.63. The Balaban J connectivity index is 1.64. The average molecular weight is 284 g/mol. The van der Waals surface area contributed by atoms with E-state index in [-0.39, 0.29) is 0 Å². The molecule has 1 unspecified atom stereocenters. The third-order valence-electron chi connectivity index (χ3n) is 4.98. The molecule has 4 heteroatoms. The van der Waals surface area contributed by atoms with Crippen LogP contribution in [-0.2, 0) is 5.60 Å². The van der Waals surface area contributed by atoms with E-state index in [1.165, 1.54) is 0 Å². The number of benzene rings is 1. The fraction of sp³-hybridized carbons (Fsp3) is 0.471. The topological polar surface area (TPSA) is 49.5 Å². The molecule has 3 fully saturated rings. The highest BCUT2D eigenvalue weighted by molar-refractivity contribution is 5.54. The third kappa shape index (κ3) is 2.10. The fourth-order valence-electron chi connectivity index (χ4n) is 3.76. The van der Waals surface area contributed by atoms with Crippen LogP contribution in [0.5, 0.6) is 0 Å². The summed E-state index contributed by atoms with van der Waals surface area (Å²) in [5.74, 6) is 1.84. The highest BCUT2D eigenvalue weighted by atomic mass is 16.4. The van der Waals surface area contributed by atoms with Crippen molar-refractivity contribution in [2.45, 2.75) is 25.4 Å². The van der Waals surface area contributed by atoms with Crippen LogP contribution >= 0.6 is 0 Å². The number of aliphatic hydroxyl groups is 1. The maximum absolute atomic E-state index is 11.1. The van der Waals surface area contributed by atoms with Crippen molar-refractivity contribution in [3.63, 3.8) is 0 Å². The predicted octanol–water partition coefficient (Wildman–Crippen LogP) is 2.56. The summed E-state index contributed by atoms with van der Waals surface area (Å²) in [6.07, 6.45) is 3.92. The summed E-state index contributed by atoms with van der Waals surface area (Å²) in [6.45, 7) is 4.90. The van der Waals surface area contributed by atoms with Gasteiger partial charge in [0.1, 0.15) is 11.4 Å². The van der Waals surface area contributed by atoms with E-state index in [2.05, 4.69) is 9.88 Å². The molecule has 0 aliphatic carbocycles. The maximum Gasteiger partial charge on any atom is 0.226 e. The molecule has 3 aliphatic rings. The Bertz CT molecular complexity index is 641. The average Bonchev–Trinajstić information content (AvgIpc) is 2.95. The van der Waals surface area contributed by atoms with Gasteiger partial charge in [-0.1, -0.05) is 12.1 Å². The van der Waals surface area contributed by atoms with Gasteiger partial charge in [0.05, 0.1) is 6.20 Å². The number of hydrogen-bond acceptors (Lipinski definition) is 4. The molecule has 4 heterocycles. The first-order valence-electron chi connectivity index (χ1n) is 7.63. The molecule has 4 nitrogen and oxygen atoms in total. The zero-order chi connectivity index (χ0) is 14.4. The van der Waals surface area contributed by atoms with Crippen LogP contribution in [0, 0.1) is 12.8 Å². The smallest absolute Gasteiger partial charge is 0.226 e. The Morgan fingerprint density at radius 2 is 1.95 bits per heavy atom. The molecule has 2 bridgehead atoms. The number of piperidine rings is 3. The van der Waals surface area contributed by atoms with E-state index in [0.29, 0.717) is 11.8 Å². The van der Waals surface area contributed by atoms with Gasteiger partial charge in [0.15, 0.2) is 0 Å². The van der Waals surface area contributed by atoms with Crippen molar-refractivity contribution in [2.24, 2.45) is 5.92 Å². The Hall–Kier alpha value is -1.65. The quantitative estimate of drug-likeness (QED) is 0.921. The third-order valence-corrected chi connectivity index (χ3v) is 4.98. The van der Waals surface area contributed by atoms with Crippen molar-refractivity contribution in [3.05, 3.63) is 41.8 Å². The summed E-state index contributed by atoms with van der Waals surface area (Å²) >= 11 is 0. The van der Waals surface area contributed by atoms with Crippen molar-refractivity contribution in [2.75, 3.05) is 19.6 Å². The Labute approximate surface area is 124 Å². The van der Waals surface area contributed by atoms with Crippen LogP contribution in [0.15, 0.2) is 34.9 Å². The van der Waals surface area contributed by atoms with Crippen LogP contribution in [0.3, 0.4) is 0 Å². The van der Waals surface area contributed by atoms with E-state index < -0.39 is 5.60 Å². The zero-order valence-corrected chi connectivity index (χ0v) is 12.2.